The van der Waals surface area contributed by atoms with E-state index in [-0.39, 0.29) is 11.4 Å². The highest BCUT2D eigenvalue weighted by Crippen LogP contribution is 2.39. The number of fused-ring (bicyclic) bond motifs is 1. The number of ether oxygens (including phenoxy) is 1. The largest absolute Gasteiger partial charge is 0.466 e. The zero-order chi connectivity index (χ0) is 19.7. The molecule has 27 heavy (non-hydrogen) atoms. The average molecular weight is 373 g/mol. The minimum absolute atomic E-state index is 0.0451. The average Bonchev–Trinajstić information content (AvgIpc) is 2.84. The molecule has 0 bridgehead atoms. The van der Waals surface area contributed by atoms with Crippen molar-refractivity contribution in [1.29, 1.82) is 0 Å². The van der Waals surface area contributed by atoms with Crippen LogP contribution in [0.25, 0.3) is 0 Å². The Morgan fingerprint density at radius 3 is 2.22 bits per heavy atom. The Hall–Kier alpha value is -1.64. The van der Waals surface area contributed by atoms with Crippen molar-refractivity contribution in [3.8, 4) is 0 Å². The minimum Gasteiger partial charge on any atom is -0.466 e. The number of carbonyl (C=O) groups is 1. The molecule has 3 nitrogen and oxygen atoms in total. The first-order valence-electron chi connectivity index (χ1n) is 10.8. The van der Waals surface area contributed by atoms with E-state index in [1.54, 1.807) is 0 Å². The smallest absolute Gasteiger partial charge is 0.305 e. The van der Waals surface area contributed by atoms with E-state index in [2.05, 4.69) is 49.6 Å². The van der Waals surface area contributed by atoms with Gasteiger partial charge in [0.2, 0.25) is 5.69 Å². The fraction of sp³-hybridized carbons (Fsp3) is 0.667. The maximum Gasteiger partial charge on any atom is 0.305 e. The van der Waals surface area contributed by atoms with Gasteiger partial charge in [-0.3, -0.25) is 4.79 Å². The van der Waals surface area contributed by atoms with E-state index in [9.17, 15) is 4.79 Å². The summed E-state index contributed by atoms with van der Waals surface area (Å²) in [5.74, 6) is -0.0451. The Morgan fingerprint density at radius 1 is 0.963 bits per heavy atom. The number of esters is 1. The van der Waals surface area contributed by atoms with Crippen molar-refractivity contribution in [1.82, 2.24) is 0 Å². The Balaban J connectivity index is 1.59. The minimum atomic E-state index is -0.0451. The molecule has 0 saturated carbocycles. The molecule has 0 atom stereocenters. The summed E-state index contributed by atoms with van der Waals surface area (Å²) < 4.78 is 7.49. The fourth-order valence-electron chi connectivity index (χ4n) is 4.07. The first-order valence-corrected chi connectivity index (χ1v) is 10.8. The van der Waals surface area contributed by atoms with Crippen molar-refractivity contribution >= 4 is 17.4 Å². The number of carbonyl (C=O) groups excluding carboxylic acids is 1. The van der Waals surface area contributed by atoms with Crippen LogP contribution in [0.4, 0.5) is 5.69 Å². The predicted molar refractivity (Wildman–Crippen MR) is 113 cm³/mol. The molecule has 1 heterocycles. The molecule has 0 unspecified atom stereocenters. The lowest BCUT2D eigenvalue weighted by Gasteiger charge is -2.14. The standard InChI is InChI=1S/C24H38NO2/c1-5-27-23(26)18-12-10-8-6-7-9-11-15-19-25-20(2)24(3,4)21-16-13-14-17-22(21)25/h13-14,16-17H,5-12,15,18-19H2,1-4H3/q+1. The van der Waals surface area contributed by atoms with Crippen LogP contribution in [-0.2, 0) is 14.9 Å². The Kier molecular flexibility index (Phi) is 8.53. The van der Waals surface area contributed by atoms with Crippen molar-refractivity contribution in [3.63, 3.8) is 0 Å². The lowest BCUT2D eigenvalue weighted by molar-refractivity contribution is -0.439. The molecular weight excluding hydrogens is 334 g/mol. The van der Waals surface area contributed by atoms with E-state index in [1.807, 2.05) is 6.92 Å². The van der Waals surface area contributed by atoms with E-state index in [0.29, 0.717) is 13.0 Å². The van der Waals surface area contributed by atoms with Crippen molar-refractivity contribution in [2.24, 2.45) is 0 Å². The number of rotatable bonds is 12. The third-order valence-corrected chi connectivity index (χ3v) is 6.00. The lowest BCUT2D eigenvalue weighted by atomic mass is 9.82. The summed E-state index contributed by atoms with van der Waals surface area (Å²) in [6.45, 7) is 10.4. The van der Waals surface area contributed by atoms with E-state index in [0.717, 1.165) is 19.4 Å². The second-order valence-electron chi connectivity index (χ2n) is 8.26. The highest BCUT2D eigenvalue weighted by Gasteiger charge is 2.42. The SMILES string of the molecule is CCOC(=O)CCCCCCCCCC[N+]1=C(C)C(C)(C)c2ccccc21. The molecule has 0 fully saturated rings. The van der Waals surface area contributed by atoms with Crippen molar-refractivity contribution < 1.29 is 14.1 Å². The van der Waals surface area contributed by atoms with Gasteiger partial charge in [0.05, 0.1) is 12.0 Å². The van der Waals surface area contributed by atoms with Crippen LogP contribution in [0.5, 0.6) is 0 Å². The van der Waals surface area contributed by atoms with Crippen LogP contribution >= 0.6 is 0 Å². The van der Waals surface area contributed by atoms with Gasteiger partial charge in [-0.15, -0.1) is 0 Å². The maximum atomic E-state index is 11.3. The first kappa shape index (κ1) is 21.7. The molecule has 2 rings (SSSR count). The summed E-state index contributed by atoms with van der Waals surface area (Å²) in [5, 5.41) is 0. The summed E-state index contributed by atoms with van der Waals surface area (Å²) in [7, 11) is 0. The maximum absolute atomic E-state index is 11.3. The van der Waals surface area contributed by atoms with Gasteiger partial charge in [-0.1, -0.05) is 50.3 Å². The lowest BCUT2D eigenvalue weighted by Crippen LogP contribution is -2.26. The molecule has 1 aromatic rings. The molecule has 0 aromatic heterocycles. The number of nitrogens with zero attached hydrogens (tertiary/aromatic N) is 1. The third-order valence-electron chi connectivity index (χ3n) is 6.00. The molecule has 0 saturated heterocycles. The molecule has 1 aliphatic rings. The van der Waals surface area contributed by atoms with Crippen LogP contribution in [-0.4, -0.2) is 29.4 Å². The Morgan fingerprint density at radius 2 is 1.56 bits per heavy atom. The summed E-state index contributed by atoms with van der Waals surface area (Å²) >= 11 is 0. The molecular formula is C24H38NO2+. The zero-order valence-electron chi connectivity index (χ0n) is 17.9. The molecule has 3 heteroatoms. The normalized spacial score (nSPS) is 15.1. The summed E-state index contributed by atoms with van der Waals surface area (Å²) in [6.07, 6.45) is 10.4. The zero-order valence-corrected chi connectivity index (χ0v) is 17.9. The van der Waals surface area contributed by atoms with Crippen molar-refractivity contribution in [3.05, 3.63) is 29.8 Å². The second-order valence-corrected chi connectivity index (χ2v) is 8.26. The Bertz CT molecular complexity index is 646. The molecule has 0 radical (unpaired) electrons. The second kappa shape index (κ2) is 10.6. The van der Waals surface area contributed by atoms with Gasteiger partial charge in [0, 0.05) is 31.4 Å². The molecule has 1 aliphatic heterocycles. The monoisotopic (exact) mass is 372 g/mol. The molecule has 0 N–H and O–H groups in total. The van der Waals surface area contributed by atoms with Gasteiger partial charge in [-0.25, -0.2) is 0 Å². The summed E-state index contributed by atoms with van der Waals surface area (Å²) in [6, 6.07) is 8.86. The van der Waals surface area contributed by atoms with Crippen LogP contribution in [0, 0.1) is 0 Å². The van der Waals surface area contributed by atoms with E-state index in [1.165, 1.54) is 55.5 Å². The molecule has 1 aromatic carbocycles. The van der Waals surface area contributed by atoms with Gasteiger partial charge in [0.1, 0.15) is 6.54 Å². The van der Waals surface area contributed by atoms with Crippen LogP contribution < -0.4 is 0 Å². The number of hydrogen-bond donors (Lipinski definition) is 0. The van der Waals surface area contributed by atoms with E-state index >= 15 is 0 Å². The van der Waals surface area contributed by atoms with Gasteiger partial charge in [0.25, 0.3) is 0 Å². The van der Waals surface area contributed by atoms with Crippen molar-refractivity contribution in [2.45, 2.75) is 90.9 Å². The summed E-state index contributed by atoms with van der Waals surface area (Å²) in [4.78, 5) is 11.3. The van der Waals surface area contributed by atoms with Crippen LogP contribution in [0.3, 0.4) is 0 Å². The molecule has 0 amide bonds. The quantitative estimate of drug-likeness (QED) is 0.250. The first-order chi connectivity index (χ1) is 13.0. The van der Waals surface area contributed by atoms with Crippen molar-refractivity contribution in [2.75, 3.05) is 13.2 Å². The molecule has 0 spiro atoms. The number of para-hydroxylation sites is 1. The fourth-order valence-corrected chi connectivity index (χ4v) is 4.07. The molecule has 150 valence electrons. The summed E-state index contributed by atoms with van der Waals surface area (Å²) in [5.41, 5.74) is 4.50. The number of benzene rings is 1. The number of unbranched alkanes of at least 4 members (excludes halogenated alkanes) is 7. The van der Waals surface area contributed by atoms with Gasteiger partial charge in [-0.2, -0.15) is 4.58 Å². The molecule has 0 aliphatic carbocycles. The van der Waals surface area contributed by atoms with Gasteiger partial charge in [0.15, 0.2) is 5.71 Å². The predicted octanol–water partition coefficient (Wildman–Crippen LogP) is 6.16. The van der Waals surface area contributed by atoms with E-state index < -0.39 is 0 Å². The van der Waals surface area contributed by atoms with Gasteiger partial charge in [-0.05, 0) is 33.6 Å². The van der Waals surface area contributed by atoms with Gasteiger partial charge >= 0.3 is 5.97 Å². The van der Waals surface area contributed by atoms with Crippen LogP contribution in [0.2, 0.25) is 0 Å². The number of hydrogen-bond acceptors (Lipinski definition) is 2. The highest BCUT2D eigenvalue weighted by atomic mass is 16.5. The Labute approximate surface area is 165 Å². The van der Waals surface area contributed by atoms with Crippen LogP contribution in [0.1, 0.15) is 91.0 Å². The van der Waals surface area contributed by atoms with Gasteiger partial charge < -0.3 is 4.74 Å². The highest BCUT2D eigenvalue weighted by molar-refractivity contribution is 5.93. The topological polar surface area (TPSA) is 29.3 Å². The van der Waals surface area contributed by atoms with E-state index in [4.69, 9.17) is 4.74 Å². The van der Waals surface area contributed by atoms with Crippen LogP contribution in [0.15, 0.2) is 24.3 Å². The third kappa shape index (κ3) is 5.92.